The molecule has 0 unspecified atom stereocenters. The van der Waals surface area contributed by atoms with Gasteiger partial charge in [0.05, 0.1) is 5.92 Å². The fourth-order valence-corrected chi connectivity index (χ4v) is 2.48. The molecule has 0 fully saturated rings. The van der Waals surface area contributed by atoms with E-state index in [4.69, 9.17) is 0 Å². The molecule has 18 heavy (non-hydrogen) atoms. The van der Waals surface area contributed by atoms with Crippen LogP contribution in [0.5, 0.6) is 0 Å². The molecule has 0 radical (unpaired) electrons. The van der Waals surface area contributed by atoms with Gasteiger partial charge in [-0.05, 0) is 18.1 Å². The van der Waals surface area contributed by atoms with E-state index in [0.717, 1.165) is 17.8 Å². The molecule has 0 saturated carbocycles. The summed E-state index contributed by atoms with van der Waals surface area (Å²) in [6.07, 6.45) is 2.47. The Morgan fingerprint density at radius 1 is 1.17 bits per heavy atom. The largest absolute Gasteiger partial charge is 0.299 e. The summed E-state index contributed by atoms with van der Waals surface area (Å²) in [5.74, 6) is 0.831. The highest BCUT2D eigenvalue weighted by atomic mass is 16.2. The molecular weight excluding hydrogens is 224 g/mol. The van der Waals surface area contributed by atoms with Gasteiger partial charge in [0, 0.05) is 18.8 Å². The Bertz CT molecular complexity index is 580. The lowest BCUT2D eigenvalue weighted by atomic mass is 9.94. The third-order valence-electron chi connectivity index (χ3n) is 3.42. The van der Waals surface area contributed by atoms with Gasteiger partial charge in [0.1, 0.15) is 5.82 Å². The Morgan fingerprint density at radius 2 is 1.94 bits per heavy atom. The maximum atomic E-state index is 12.3. The van der Waals surface area contributed by atoms with Crippen molar-refractivity contribution in [3.05, 3.63) is 59.8 Å². The molecule has 2 heterocycles. The Hall–Kier alpha value is -2.16. The number of likely N-dealkylation sites (N-methyl/N-ethyl adjacent to an activating group) is 1. The first-order valence-corrected chi connectivity index (χ1v) is 6.04. The minimum Gasteiger partial charge on any atom is -0.299 e. The highest BCUT2D eigenvalue weighted by molar-refractivity contribution is 6.03. The monoisotopic (exact) mass is 238 g/mol. The summed E-state index contributed by atoms with van der Waals surface area (Å²) < 4.78 is 0. The average Bonchev–Trinajstić information content (AvgIpc) is 2.66. The zero-order valence-electron chi connectivity index (χ0n) is 10.2. The van der Waals surface area contributed by atoms with Crippen LogP contribution in [0.1, 0.15) is 17.0 Å². The van der Waals surface area contributed by atoms with Crippen LogP contribution in [-0.4, -0.2) is 17.9 Å². The topological polar surface area (TPSA) is 33.2 Å². The first-order chi connectivity index (χ1) is 8.77. The molecule has 1 atom stereocenters. The number of aromatic nitrogens is 1. The SMILES string of the molecule is CN1C(=O)[C@@H](Cc2ccccc2)c2cccnc21. The molecule has 90 valence electrons. The van der Waals surface area contributed by atoms with Crippen LogP contribution in [0, 0.1) is 0 Å². The van der Waals surface area contributed by atoms with Crippen LogP contribution >= 0.6 is 0 Å². The molecule has 0 N–H and O–H groups in total. The fourth-order valence-electron chi connectivity index (χ4n) is 2.48. The zero-order chi connectivity index (χ0) is 12.5. The third kappa shape index (κ3) is 1.68. The van der Waals surface area contributed by atoms with Gasteiger partial charge < -0.3 is 0 Å². The van der Waals surface area contributed by atoms with Gasteiger partial charge in [-0.15, -0.1) is 0 Å². The number of hydrogen-bond donors (Lipinski definition) is 0. The van der Waals surface area contributed by atoms with E-state index >= 15 is 0 Å². The van der Waals surface area contributed by atoms with E-state index < -0.39 is 0 Å². The fraction of sp³-hybridized carbons (Fsp3) is 0.200. The summed E-state index contributed by atoms with van der Waals surface area (Å²) in [5, 5.41) is 0. The van der Waals surface area contributed by atoms with Gasteiger partial charge in [0.2, 0.25) is 5.91 Å². The summed E-state index contributed by atoms with van der Waals surface area (Å²) in [6.45, 7) is 0. The second-order valence-electron chi connectivity index (χ2n) is 4.56. The van der Waals surface area contributed by atoms with Gasteiger partial charge in [0.25, 0.3) is 0 Å². The summed E-state index contributed by atoms with van der Waals surface area (Å²) in [5.41, 5.74) is 2.22. The first-order valence-electron chi connectivity index (χ1n) is 6.04. The number of carbonyl (C=O) groups is 1. The van der Waals surface area contributed by atoms with Crippen molar-refractivity contribution in [2.24, 2.45) is 0 Å². The molecule has 0 bridgehead atoms. The van der Waals surface area contributed by atoms with Gasteiger partial charge in [-0.1, -0.05) is 36.4 Å². The molecule has 1 aromatic carbocycles. The molecule has 1 amide bonds. The van der Waals surface area contributed by atoms with Crippen molar-refractivity contribution in [1.29, 1.82) is 0 Å². The Kier molecular flexibility index (Phi) is 2.59. The van der Waals surface area contributed by atoms with Gasteiger partial charge in [0.15, 0.2) is 0 Å². The molecule has 1 aromatic heterocycles. The van der Waals surface area contributed by atoms with Crippen molar-refractivity contribution in [2.75, 3.05) is 11.9 Å². The smallest absolute Gasteiger partial charge is 0.235 e. The molecular formula is C15H14N2O. The van der Waals surface area contributed by atoms with Crippen LogP contribution in [0.25, 0.3) is 0 Å². The quantitative estimate of drug-likeness (QED) is 0.804. The number of hydrogen-bond acceptors (Lipinski definition) is 2. The number of nitrogens with zero attached hydrogens (tertiary/aromatic N) is 2. The van der Waals surface area contributed by atoms with Crippen molar-refractivity contribution in [3.63, 3.8) is 0 Å². The molecule has 3 heteroatoms. The van der Waals surface area contributed by atoms with E-state index in [1.54, 1.807) is 18.1 Å². The Labute approximate surface area is 106 Å². The van der Waals surface area contributed by atoms with E-state index in [1.807, 2.05) is 30.3 Å². The standard InChI is InChI=1S/C15H14N2O/c1-17-14-12(8-5-9-16-14)13(15(17)18)10-11-6-3-2-4-7-11/h2-9,13H,10H2,1H3/t13-/m0/s1. The maximum Gasteiger partial charge on any atom is 0.235 e. The number of anilines is 1. The third-order valence-corrected chi connectivity index (χ3v) is 3.42. The van der Waals surface area contributed by atoms with Crippen LogP contribution in [0.3, 0.4) is 0 Å². The van der Waals surface area contributed by atoms with Gasteiger partial charge >= 0.3 is 0 Å². The number of rotatable bonds is 2. The average molecular weight is 238 g/mol. The molecule has 0 saturated heterocycles. The van der Waals surface area contributed by atoms with Crippen molar-refractivity contribution < 1.29 is 4.79 Å². The van der Waals surface area contributed by atoms with Crippen LogP contribution < -0.4 is 4.90 Å². The molecule has 0 aliphatic carbocycles. The van der Waals surface area contributed by atoms with Crippen LogP contribution in [0.4, 0.5) is 5.82 Å². The highest BCUT2D eigenvalue weighted by Gasteiger charge is 2.35. The first kappa shape index (κ1) is 11.0. The molecule has 3 nitrogen and oxygen atoms in total. The summed E-state index contributed by atoms with van der Waals surface area (Å²) in [7, 11) is 1.79. The summed E-state index contributed by atoms with van der Waals surface area (Å²) >= 11 is 0. The van der Waals surface area contributed by atoms with Crippen LogP contribution in [0.15, 0.2) is 48.7 Å². The van der Waals surface area contributed by atoms with E-state index in [2.05, 4.69) is 17.1 Å². The van der Waals surface area contributed by atoms with E-state index in [1.165, 1.54) is 5.56 Å². The highest BCUT2D eigenvalue weighted by Crippen LogP contribution is 2.36. The predicted molar refractivity (Wildman–Crippen MR) is 70.5 cm³/mol. The second kappa shape index (κ2) is 4.26. The predicted octanol–water partition coefficient (Wildman–Crippen LogP) is 2.38. The van der Waals surface area contributed by atoms with Crippen LogP contribution in [0.2, 0.25) is 0 Å². The van der Waals surface area contributed by atoms with E-state index in [0.29, 0.717) is 0 Å². The minimum atomic E-state index is -0.0962. The number of pyridine rings is 1. The van der Waals surface area contributed by atoms with Crippen molar-refractivity contribution in [1.82, 2.24) is 4.98 Å². The lowest BCUT2D eigenvalue weighted by Gasteiger charge is -2.10. The molecule has 1 aliphatic heterocycles. The van der Waals surface area contributed by atoms with Crippen molar-refractivity contribution in [2.45, 2.75) is 12.3 Å². The minimum absolute atomic E-state index is 0.0962. The van der Waals surface area contributed by atoms with Crippen LogP contribution in [-0.2, 0) is 11.2 Å². The number of amides is 1. The van der Waals surface area contributed by atoms with Crippen molar-refractivity contribution in [3.8, 4) is 0 Å². The Balaban J connectivity index is 1.96. The van der Waals surface area contributed by atoms with Gasteiger partial charge in [-0.2, -0.15) is 0 Å². The van der Waals surface area contributed by atoms with E-state index in [-0.39, 0.29) is 11.8 Å². The normalized spacial score (nSPS) is 17.9. The van der Waals surface area contributed by atoms with E-state index in [9.17, 15) is 4.79 Å². The maximum absolute atomic E-state index is 12.3. The molecule has 3 rings (SSSR count). The summed E-state index contributed by atoms with van der Waals surface area (Å²) in [4.78, 5) is 18.2. The number of fused-ring (bicyclic) bond motifs is 1. The second-order valence-corrected chi connectivity index (χ2v) is 4.56. The zero-order valence-corrected chi connectivity index (χ0v) is 10.2. The number of benzene rings is 1. The lowest BCUT2D eigenvalue weighted by Crippen LogP contribution is -2.25. The van der Waals surface area contributed by atoms with Gasteiger partial charge in [-0.3, -0.25) is 9.69 Å². The molecule has 0 spiro atoms. The molecule has 2 aromatic rings. The number of carbonyl (C=O) groups excluding carboxylic acids is 1. The van der Waals surface area contributed by atoms with Gasteiger partial charge in [-0.25, -0.2) is 4.98 Å². The summed E-state index contributed by atoms with van der Waals surface area (Å²) in [6, 6.07) is 14.0. The molecule has 1 aliphatic rings. The van der Waals surface area contributed by atoms with Crippen molar-refractivity contribution >= 4 is 11.7 Å². The Morgan fingerprint density at radius 3 is 2.72 bits per heavy atom. The lowest BCUT2D eigenvalue weighted by molar-refractivity contribution is -0.119.